The predicted octanol–water partition coefficient (Wildman–Crippen LogP) is 3.08. The number of methoxy groups -OCH3 is 1. The van der Waals surface area contributed by atoms with Crippen LogP contribution in [0.25, 0.3) is 0 Å². The summed E-state index contributed by atoms with van der Waals surface area (Å²) in [5.41, 5.74) is 0. The van der Waals surface area contributed by atoms with Crippen LogP contribution in [0.4, 0.5) is 0 Å². The van der Waals surface area contributed by atoms with Gasteiger partial charge in [0.15, 0.2) is 0 Å². The molecular formula is C14H16O3S. The second-order valence-electron chi connectivity index (χ2n) is 3.51. The van der Waals surface area contributed by atoms with Gasteiger partial charge in [-0.25, -0.2) is 8.42 Å². The maximum Gasteiger partial charge on any atom is 0.206 e. The molecule has 0 aliphatic rings. The van der Waals surface area contributed by atoms with Crippen molar-refractivity contribution in [3.63, 3.8) is 0 Å². The Balaban J connectivity index is 2.98. The Morgan fingerprint density at radius 2 is 1.83 bits per heavy atom. The van der Waals surface area contributed by atoms with Crippen molar-refractivity contribution in [2.75, 3.05) is 7.11 Å². The van der Waals surface area contributed by atoms with Crippen molar-refractivity contribution in [2.45, 2.75) is 11.8 Å². The highest BCUT2D eigenvalue weighted by molar-refractivity contribution is 7.95. The SMILES string of the molecule is C=C(/C=C\C(=C/C)OC)S(=O)(=O)c1ccccc1. The molecule has 1 rings (SSSR count). The topological polar surface area (TPSA) is 43.4 Å². The van der Waals surface area contributed by atoms with Crippen LogP contribution < -0.4 is 0 Å². The minimum absolute atomic E-state index is 0.0325. The van der Waals surface area contributed by atoms with E-state index in [2.05, 4.69) is 6.58 Å². The van der Waals surface area contributed by atoms with Crippen molar-refractivity contribution in [1.82, 2.24) is 0 Å². The van der Waals surface area contributed by atoms with Gasteiger partial charge in [-0.2, -0.15) is 0 Å². The van der Waals surface area contributed by atoms with Crippen LogP contribution in [0.15, 0.2) is 70.7 Å². The smallest absolute Gasteiger partial charge is 0.206 e. The Hall–Kier alpha value is -1.81. The van der Waals surface area contributed by atoms with E-state index in [4.69, 9.17) is 4.74 Å². The van der Waals surface area contributed by atoms with Crippen molar-refractivity contribution in [1.29, 1.82) is 0 Å². The third-order valence-corrected chi connectivity index (χ3v) is 4.07. The van der Waals surface area contributed by atoms with Gasteiger partial charge in [0.1, 0.15) is 5.76 Å². The van der Waals surface area contributed by atoms with Crippen molar-refractivity contribution >= 4 is 9.84 Å². The highest BCUT2D eigenvalue weighted by atomic mass is 32.2. The van der Waals surface area contributed by atoms with E-state index in [1.807, 2.05) is 0 Å². The largest absolute Gasteiger partial charge is 0.497 e. The summed E-state index contributed by atoms with van der Waals surface area (Å²) in [4.78, 5) is 0.268. The lowest BCUT2D eigenvalue weighted by atomic mass is 10.4. The van der Waals surface area contributed by atoms with Crippen molar-refractivity contribution < 1.29 is 13.2 Å². The number of benzene rings is 1. The lowest BCUT2D eigenvalue weighted by molar-refractivity contribution is 0.306. The Bertz CT molecular complexity index is 566. The van der Waals surface area contributed by atoms with Crippen LogP contribution in [0.2, 0.25) is 0 Å². The third kappa shape index (κ3) is 3.34. The normalized spacial score (nSPS) is 12.7. The van der Waals surface area contributed by atoms with E-state index in [1.165, 1.54) is 13.2 Å². The quantitative estimate of drug-likeness (QED) is 0.606. The molecule has 0 unspecified atom stereocenters. The fourth-order valence-corrected chi connectivity index (χ4v) is 2.36. The standard InChI is InChI=1S/C14H16O3S/c1-4-13(17-3)11-10-12(2)18(15,16)14-8-6-5-7-9-14/h4-11H,2H2,1,3H3/b11-10-,13-4+. The van der Waals surface area contributed by atoms with Gasteiger partial charge in [-0.15, -0.1) is 0 Å². The summed E-state index contributed by atoms with van der Waals surface area (Å²) in [5, 5.41) is 0. The number of hydrogen-bond donors (Lipinski definition) is 0. The molecule has 0 saturated heterocycles. The highest BCUT2D eigenvalue weighted by Gasteiger charge is 2.15. The van der Waals surface area contributed by atoms with Crippen LogP contribution in [-0.4, -0.2) is 15.5 Å². The molecule has 1 aromatic carbocycles. The molecule has 0 aromatic heterocycles. The molecule has 0 saturated carbocycles. The number of ether oxygens (including phenoxy) is 1. The lowest BCUT2D eigenvalue weighted by Gasteiger charge is -2.04. The zero-order valence-electron chi connectivity index (χ0n) is 10.5. The van der Waals surface area contributed by atoms with Gasteiger partial charge < -0.3 is 4.74 Å². The van der Waals surface area contributed by atoms with Crippen molar-refractivity contribution in [3.8, 4) is 0 Å². The average molecular weight is 264 g/mol. The monoisotopic (exact) mass is 264 g/mol. The van der Waals surface area contributed by atoms with Crippen molar-refractivity contribution in [3.05, 3.63) is 65.8 Å². The van der Waals surface area contributed by atoms with Crippen LogP contribution in [0.5, 0.6) is 0 Å². The zero-order valence-corrected chi connectivity index (χ0v) is 11.3. The molecule has 1 aromatic rings. The van der Waals surface area contributed by atoms with Gasteiger partial charge in [-0.05, 0) is 37.3 Å². The second-order valence-corrected chi connectivity index (χ2v) is 5.51. The maximum absolute atomic E-state index is 12.1. The number of allylic oxidation sites excluding steroid dienone is 3. The highest BCUT2D eigenvalue weighted by Crippen LogP contribution is 2.18. The predicted molar refractivity (Wildman–Crippen MR) is 72.7 cm³/mol. The van der Waals surface area contributed by atoms with Crippen LogP contribution in [0.1, 0.15) is 6.92 Å². The summed E-state index contributed by atoms with van der Waals surface area (Å²) in [6.07, 6.45) is 4.74. The van der Waals surface area contributed by atoms with Crippen molar-refractivity contribution in [2.24, 2.45) is 0 Å². The van der Waals surface area contributed by atoms with Gasteiger partial charge in [0.05, 0.1) is 16.9 Å². The average Bonchev–Trinajstić information content (AvgIpc) is 2.40. The summed E-state index contributed by atoms with van der Waals surface area (Å²) in [6.45, 7) is 5.39. The molecule has 18 heavy (non-hydrogen) atoms. The zero-order chi connectivity index (χ0) is 13.6. The van der Waals surface area contributed by atoms with E-state index < -0.39 is 9.84 Å². The summed E-state index contributed by atoms with van der Waals surface area (Å²) >= 11 is 0. The van der Waals surface area contributed by atoms with E-state index in [1.54, 1.807) is 49.4 Å². The van der Waals surface area contributed by atoms with Crippen LogP contribution in [-0.2, 0) is 14.6 Å². The minimum atomic E-state index is -3.52. The van der Waals surface area contributed by atoms with E-state index in [9.17, 15) is 8.42 Å². The molecule has 0 radical (unpaired) electrons. The Morgan fingerprint density at radius 3 is 2.33 bits per heavy atom. The first-order chi connectivity index (χ1) is 8.52. The first kappa shape index (κ1) is 14.3. The molecule has 0 spiro atoms. The van der Waals surface area contributed by atoms with Gasteiger partial charge >= 0.3 is 0 Å². The molecule has 0 aliphatic carbocycles. The first-order valence-electron chi connectivity index (χ1n) is 5.39. The summed E-state index contributed by atoms with van der Waals surface area (Å²) in [5.74, 6) is 0.583. The van der Waals surface area contributed by atoms with E-state index in [0.29, 0.717) is 5.76 Å². The maximum atomic E-state index is 12.1. The number of hydrogen-bond acceptors (Lipinski definition) is 3. The molecule has 0 N–H and O–H groups in total. The fraction of sp³-hybridized carbons (Fsp3) is 0.143. The first-order valence-corrected chi connectivity index (χ1v) is 6.88. The van der Waals surface area contributed by atoms with E-state index >= 15 is 0 Å². The molecule has 0 heterocycles. The molecule has 0 fully saturated rings. The van der Waals surface area contributed by atoms with E-state index in [-0.39, 0.29) is 9.80 Å². The molecule has 0 amide bonds. The Kier molecular flexibility index (Phi) is 4.92. The van der Waals surface area contributed by atoms with Crippen LogP contribution in [0, 0.1) is 0 Å². The number of rotatable bonds is 5. The fourth-order valence-electron chi connectivity index (χ4n) is 1.30. The van der Waals surface area contributed by atoms with Gasteiger partial charge in [0, 0.05) is 0 Å². The second kappa shape index (κ2) is 6.21. The molecule has 96 valence electrons. The van der Waals surface area contributed by atoms with E-state index in [0.717, 1.165) is 0 Å². The van der Waals surface area contributed by atoms with Gasteiger partial charge in [0.25, 0.3) is 0 Å². The van der Waals surface area contributed by atoms with Gasteiger partial charge in [-0.3, -0.25) is 0 Å². The molecule has 3 nitrogen and oxygen atoms in total. The van der Waals surface area contributed by atoms with Crippen LogP contribution in [0.3, 0.4) is 0 Å². The Morgan fingerprint density at radius 1 is 1.22 bits per heavy atom. The molecular weight excluding hydrogens is 248 g/mol. The molecule has 0 aliphatic heterocycles. The summed E-state index contributed by atoms with van der Waals surface area (Å²) in [7, 11) is -1.99. The summed E-state index contributed by atoms with van der Waals surface area (Å²) < 4.78 is 29.2. The molecule has 4 heteroatoms. The summed E-state index contributed by atoms with van der Waals surface area (Å²) in [6, 6.07) is 8.20. The number of sulfone groups is 1. The lowest BCUT2D eigenvalue weighted by Crippen LogP contribution is -2.01. The molecule has 0 atom stereocenters. The van der Waals surface area contributed by atoms with Crippen LogP contribution >= 0.6 is 0 Å². The minimum Gasteiger partial charge on any atom is -0.497 e. The van der Waals surface area contributed by atoms with Gasteiger partial charge in [0.2, 0.25) is 9.84 Å². The third-order valence-electron chi connectivity index (χ3n) is 2.35. The Labute approximate surface area is 108 Å². The van der Waals surface area contributed by atoms with Gasteiger partial charge in [-0.1, -0.05) is 24.8 Å². The molecule has 0 bridgehead atoms.